The number of nitrogens with one attached hydrogen (secondary N) is 1. The number of amides is 1. The smallest absolute Gasteiger partial charge is 0.271 e. The van der Waals surface area contributed by atoms with Crippen LogP contribution in [0.2, 0.25) is 5.15 Å². The average molecular weight is 306 g/mol. The number of benzene rings is 1. The van der Waals surface area contributed by atoms with Crippen LogP contribution in [0, 0.1) is 0 Å². The van der Waals surface area contributed by atoms with Crippen LogP contribution in [0.5, 0.6) is 0 Å². The van der Waals surface area contributed by atoms with Crippen molar-refractivity contribution in [1.29, 1.82) is 0 Å². The van der Waals surface area contributed by atoms with Gasteiger partial charge in [0.15, 0.2) is 0 Å². The molecule has 0 fully saturated rings. The highest BCUT2D eigenvalue weighted by Gasteiger charge is 2.22. The third-order valence-electron chi connectivity index (χ3n) is 3.12. The summed E-state index contributed by atoms with van der Waals surface area (Å²) in [5, 5.41) is 3.29. The van der Waals surface area contributed by atoms with E-state index in [2.05, 4.69) is 27.4 Å². The van der Waals surface area contributed by atoms with Crippen LogP contribution in [0.15, 0.2) is 41.6 Å². The van der Waals surface area contributed by atoms with Crippen molar-refractivity contribution in [2.24, 2.45) is 0 Å². The number of hydrogen-bond acceptors (Lipinski definition) is 4. The van der Waals surface area contributed by atoms with Crippen LogP contribution in [-0.4, -0.2) is 21.6 Å². The van der Waals surface area contributed by atoms with Crippen LogP contribution in [0.3, 0.4) is 0 Å². The normalized spacial score (nSPS) is 17.4. The Morgan fingerprint density at radius 1 is 1.30 bits per heavy atom. The Kier molecular flexibility index (Phi) is 3.89. The number of fused-ring (bicyclic) bond motifs is 1. The largest absolute Gasteiger partial charge is 0.344 e. The van der Waals surface area contributed by atoms with Crippen molar-refractivity contribution >= 4 is 29.3 Å². The molecule has 6 heteroatoms. The molecule has 4 nitrogen and oxygen atoms in total. The maximum absolute atomic E-state index is 12.2. The Morgan fingerprint density at radius 2 is 2.15 bits per heavy atom. The number of carbonyl (C=O) groups is 1. The van der Waals surface area contributed by atoms with Crippen molar-refractivity contribution in [3.63, 3.8) is 0 Å². The van der Waals surface area contributed by atoms with Gasteiger partial charge in [0, 0.05) is 10.6 Å². The standard InChI is InChI=1S/C14H12ClN3OS/c15-13-8-16-11(7-17-13)14(19)18-10-5-6-20-12-4-2-1-3-9(10)12/h1-4,7-8,10H,5-6H2,(H,18,19). The Morgan fingerprint density at radius 3 is 2.95 bits per heavy atom. The second-order valence-electron chi connectivity index (χ2n) is 4.43. The molecule has 0 saturated heterocycles. The molecule has 1 aromatic carbocycles. The highest BCUT2D eigenvalue weighted by Crippen LogP contribution is 2.35. The van der Waals surface area contributed by atoms with Gasteiger partial charge < -0.3 is 5.32 Å². The first-order chi connectivity index (χ1) is 9.74. The quantitative estimate of drug-likeness (QED) is 0.926. The van der Waals surface area contributed by atoms with E-state index in [9.17, 15) is 4.79 Å². The number of rotatable bonds is 2. The first kappa shape index (κ1) is 13.4. The number of hydrogen-bond donors (Lipinski definition) is 1. The minimum absolute atomic E-state index is 0.0254. The minimum Gasteiger partial charge on any atom is -0.344 e. The zero-order valence-electron chi connectivity index (χ0n) is 10.5. The molecule has 102 valence electrons. The maximum Gasteiger partial charge on any atom is 0.271 e. The summed E-state index contributed by atoms with van der Waals surface area (Å²) in [5.41, 5.74) is 1.45. The fraction of sp³-hybridized carbons (Fsp3) is 0.214. The van der Waals surface area contributed by atoms with Gasteiger partial charge in [-0.05, 0) is 18.1 Å². The van der Waals surface area contributed by atoms with Crippen molar-refractivity contribution in [3.05, 3.63) is 53.1 Å². The molecule has 0 saturated carbocycles. The third-order valence-corrected chi connectivity index (χ3v) is 4.43. The first-order valence-corrected chi connectivity index (χ1v) is 7.60. The fourth-order valence-electron chi connectivity index (χ4n) is 2.15. The number of thioether (sulfide) groups is 1. The summed E-state index contributed by atoms with van der Waals surface area (Å²) in [5.74, 6) is 0.773. The van der Waals surface area contributed by atoms with Gasteiger partial charge in [-0.3, -0.25) is 4.79 Å². The number of halogens is 1. The molecule has 1 unspecified atom stereocenters. The topological polar surface area (TPSA) is 54.9 Å². The molecule has 20 heavy (non-hydrogen) atoms. The van der Waals surface area contributed by atoms with E-state index >= 15 is 0 Å². The lowest BCUT2D eigenvalue weighted by molar-refractivity contribution is 0.0929. The van der Waals surface area contributed by atoms with Crippen LogP contribution < -0.4 is 5.32 Å². The minimum atomic E-state index is -0.221. The second kappa shape index (κ2) is 5.81. The van der Waals surface area contributed by atoms with E-state index in [0.717, 1.165) is 12.2 Å². The molecule has 0 radical (unpaired) electrons. The molecule has 0 bridgehead atoms. The molecule has 0 spiro atoms. The molecule has 1 aliphatic heterocycles. The molecule has 1 aliphatic rings. The van der Waals surface area contributed by atoms with E-state index in [0.29, 0.717) is 0 Å². The van der Waals surface area contributed by atoms with Crippen molar-refractivity contribution in [1.82, 2.24) is 15.3 Å². The van der Waals surface area contributed by atoms with E-state index < -0.39 is 0 Å². The lowest BCUT2D eigenvalue weighted by Crippen LogP contribution is -2.31. The molecule has 1 N–H and O–H groups in total. The molecular weight excluding hydrogens is 294 g/mol. The first-order valence-electron chi connectivity index (χ1n) is 6.24. The van der Waals surface area contributed by atoms with Gasteiger partial charge in [-0.1, -0.05) is 29.8 Å². The van der Waals surface area contributed by atoms with Crippen molar-refractivity contribution in [2.45, 2.75) is 17.4 Å². The van der Waals surface area contributed by atoms with E-state index in [4.69, 9.17) is 11.6 Å². The lowest BCUT2D eigenvalue weighted by atomic mass is 10.0. The van der Waals surface area contributed by atoms with Gasteiger partial charge in [-0.2, -0.15) is 0 Å². The zero-order chi connectivity index (χ0) is 13.9. The third kappa shape index (κ3) is 2.78. The molecule has 2 aromatic rings. The number of aromatic nitrogens is 2. The van der Waals surface area contributed by atoms with Gasteiger partial charge in [0.05, 0.1) is 18.4 Å². The summed E-state index contributed by atoms with van der Waals surface area (Å²) in [6, 6.07) is 8.17. The highest BCUT2D eigenvalue weighted by atomic mass is 35.5. The molecule has 1 atom stereocenters. The second-order valence-corrected chi connectivity index (χ2v) is 5.95. The van der Waals surface area contributed by atoms with Crippen LogP contribution in [-0.2, 0) is 0 Å². The Balaban J connectivity index is 1.79. The summed E-state index contributed by atoms with van der Waals surface area (Å²) in [7, 11) is 0. The van der Waals surface area contributed by atoms with Crippen molar-refractivity contribution in [2.75, 3.05) is 5.75 Å². The van der Waals surface area contributed by atoms with E-state index in [1.165, 1.54) is 22.9 Å². The van der Waals surface area contributed by atoms with Crippen molar-refractivity contribution in [3.8, 4) is 0 Å². The predicted molar refractivity (Wildman–Crippen MR) is 79.0 cm³/mol. The summed E-state index contributed by atoms with van der Waals surface area (Å²) in [4.78, 5) is 21.3. The van der Waals surface area contributed by atoms with Crippen LogP contribution in [0.25, 0.3) is 0 Å². The number of nitrogens with zero attached hydrogens (tertiary/aromatic N) is 2. The van der Waals surface area contributed by atoms with Gasteiger partial charge in [-0.25, -0.2) is 9.97 Å². The van der Waals surface area contributed by atoms with Crippen LogP contribution >= 0.6 is 23.4 Å². The molecule has 1 aromatic heterocycles. The van der Waals surface area contributed by atoms with Gasteiger partial charge in [0.1, 0.15) is 10.8 Å². The van der Waals surface area contributed by atoms with E-state index in [1.807, 2.05) is 23.9 Å². The summed E-state index contributed by atoms with van der Waals surface area (Å²) >= 11 is 7.49. The Labute approximate surface area is 126 Å². The summed E-state index contributed by atoms with van der Waals surface area (Å²) in [6.45, 7) is 0. The molecule has 0 aliphatic carbocycles. The van der Waals surface area contributed by atoms with Gasteiger partial charge in [-0.15, -0.1) is 11.8 Å². The Hall–Kier alpha value is -1.59. The molecule has 1 amide bonds. The lowest BCUT2D eigenvalue weighted by Gasteiger charge is -2.25. The monoisotopic (exact) mass is 305 g/mol. The van der Waals surface area contributed by atoms with Crippen molar-refractivity contribution < 1.29 is 4.79 Å². The van der Waals surface area contributed by atoms with Gasteiger partial charge >= 0.3 is 0 Å². The summed E-state index contributed by atoms with van der Waals surface area (Å²) < 4.78 is 0. The Bertz CT molecular complexity index is 633. The SMILES string of the molecule is O=C(NC1CCSc2ccccc21)c1cnc(Cl)cn1. The fourth-order valence-corrected chi connectivity index (χ4v) is 3.38. The van der Waals surface area contributed by atoms with Crippen LogP contribution in [0.1, 0.15) is 28.5 Å². The number of carbonyl (C=O) groups excluding carboxylic acids is 1. The van der Waals surface area contributed by atoms with Gasteiger partial charge in [0.25, 0.3) is 5.91 Å². The zero-order valence-corrected chi connectivity index (χ0v) is 12.1. The predicted octanol–water partition coefficient (Wildman–Crippen LogP) is 3.10. The molecule has 2 heterocycles. The van der Waals surface area contributed by atoms with E-state index in [-0.39, 0.29) is 22.8 Å². The van der Waals surface area contributed by atoms with E-state index in [1.54, 1.807) is 0 Å². The molecular formula is C14H12ClN3OS. The highest BCUT2D eigenvalue weighted by molar-refractivity contribution is 7.99. The summed E-state index contributed by atoms with van der Waals surface area (Å²) in [6.07, 6.45) is 3.68. The molecule has 3 rings (SSSR count). The van der Waals surface area contributed by atoms with Crippen LogP contribution in [0.4, 0.5) is 0 Å². The maximum atomic E-state index is 12.2. The average Bonchev–Trinajstić information content (AvgIpc) is 2.48. The van der Waals surface area contributed by atoms with Gasteiger partial charge in [0.2, 0.25) is 0 Å².